The van der Waals surface area contributed by atoms with Gasteiger partial charge >= 0.3 is 5.69 Å². The van der Waals surface area contributed by atoms with Crippen LogP contribution in [0.4, 0.5) is 5.95 Å². The Morgan fingerprint density at radius 1 is 1.52 bits per heavy atom. The standard InChI is InChI=1S/C17H21N5O3/c1-4-6-12-7-8-14(25-12)22-15-13(21(9-5-2)17(22)24)10-18-16(20-15)19-11(3)23/h2,10,12,14H,4,6-9H2,1,3H3,(H,18,19,20,23). The molecule has 2 aromatic heterocycles. The van der Waals surface area contributed by atoms with Crippen molar-refractivity contribution < 1.29 is 9.53 Å². The van der Waals surface area contributed by atoms with Crippen LogP contribution in [0.3, 0.4) is 0 Å². The van der Waals surface area contributed by atoms with E-state index >= 15 is 0 Å². The number of terminal acetylenes is 1. The number of nitrogens with zero attached hydrogens (tertiary/aromatic N) is 4. The van der Waals surface area contributed by atoms with Gasteiger partial charge in [0.15, 0.2) is 5.65 Å². The molecule has 0 bridgehead atoms. The Morgan fingerprint density at radius 2 is 2.32 bits per heavy atom. The minimum atomic E-state index is -0.384. The molecule has 2 atom stereocenters. The van der Waals surface area contributed by atoms with Gasteiger partial charge in [-0.3, -0.25) is 14.7 Å². The van der Waals surface area contributed by atoms with E-state index in [0.717, 1.165) is 25.7 Å². The van der Waals surface area contributed by atoms with Crippen LogP contribution in [-0.2, 0) is 16.1 Å². The zero-order valence-corrected chi connectivity index (χ0v) is 14.4. The number of carbonyl (C=O) groups excluding carboxylic acids is 1. The normalized spacial score (nSPS) is 19.9. The lowest BCUT2D eigenvalue weighted by Crippen LogP contribution is -2.28. The molecule has 25 heavy (non-hydrogen) atoms. The molecule has 3 rings (SSSR count). The van der Waals surface area contributed by atoms with E-state index in [4.69, 9.17) is 11.2 Å². The Kier molecular flexibility index (Phi) is 4.86. The van der Waals surface area contributed by atoms with Crippen LogP contribution in [0.15, 0.2) is 11.0 Å². The molecule has 132 valence electrons. The molecule has 1 aliphatic rings. The number of carbonyl (C=O) groups is 1. The topological polar surface area (TPSA) is 91.0 Å². The molecule has 1 fully saturated rings. The molecular weight excluding hydrogens is 322 g/mol. The second-order valence-corrected chi connectivity index (χ2v) is 6.11. The van der Waals surface area contributed by atoms with Crippen LogP contribution in [0.2, 0.25) is 0 Å². The summed E-state index contributed by atoms with van der Waals surface area (Å²) in [5.74, 6) is 2.35. The summed E-state index contributed by atoms with van der Waals surface area (Å²) < 4.78 is 9.01. The SMILES string of the molecule is C#CCn1c(=O)n(C2CCC(CCC)O2)c2nc(NC(C)=O)ncc21. The predicted molar refractivity (Wildman–Crippen MR) is 93.0 cm³/mol. The molecule has 3 heterocycles. The van der Waals surface area contributed by atoms with Gasteiger partial charge in [-0.25, -0.2) is 14.3 Å². The zero-order chi connectivity index (χ0) is 18.0. The van der Waals surface area contributed by atoms with Crippen molar-refractivity contribution in [3.05, 3.63) is 16.7 Å². The van der Waals surface area contributed by atoms with Crippen LogP contribution in [0.25, 0.3) is 11.2 Å². The summed E-state index contributed by atoms with van der Waals surface area (Å²) in [4.78, 5) is 32.6. The third-order valence-electron chi connectivity index (χ3n) is 4.23. The number of fused-ring (bicyclic) bond motifs is 1. The highest BCUT2D eigenvalue weighted by atomic mass is 16.5. The Morgan fingerprint density at radius 3 is 3.00 bits per heavy atom. The van der Waals surface area contributed by atoms with Crippen LogP contribution >= 0.6 is 0 Å². The summed E-state index contributed by atoms with van der Waals surface area (Å²) in [5, 5.41) is 2.54. The molecule has 2 aromatic rings. The summed E-state index contributed by atoms with van der Waals surface area (Å²) in [6.07, 6.45) is 10.3. The summed E-state index contributed by atoms with van der Waals surface area (Å²) in [7, 11) is 0. The van der Waals surface area contributed by atoms with E-state index in [-0.39, 0.29) is 36.4 Å². The van der Waals surface area contributed by atoms with E-state index in [2.05, 4.69) is 28.1 Å². The highest BCUT2D eigenvalue weighted by Crippen LogP contribution is 2.31. The average Bonchev–Trinajstić information content (AvgIpc) is 3.11. The molecular formula is C17H21N5O3. The molecule has 0 aromatic carbocycles. The van der Waals surface area contributed by atoms with Crippen molar-refractivity contribution in [1.82, 2.24) is 19.1 Å². The summed E-state index contributed by atoms with van der Waals surface area (Å²) in [5.41, 5.74) is 0.671. The number of aromatic nitrogens is 4. The lowest BCUT2D eigenvalue weighted by Gasteiger charge is -2.14. The van der Waals surface area contributed by atoms with Gasteiger partial charge in [-0.1, -0.05) is 19.3 Å². The van der Waals surface area contributed by atoms with Crippen molar-refractivity contribution in [2.24, 2.45) is 0 Å². The largest absolute Gasteiger partial charge is 0.355 e. The fourth-order valence-electron chi connectivity index (χ4n) is 3.19. The highest BCUT2D eigenvalue weighted by molar-refractivity contribution is 5.87. The maximum absolute atomic E-state index is 12.9. The van der Waals surface area contributed by atoms with E-state index in [0.29, 0.717) is 11.2 Å². The third kappa shape index (κ3) is 3.28. The first-order valence-corrected chi connectivity index (χ1v) is 8.39. The van der Waals surface area contributed by atoms with Gasteiger partial charge in [-0.05, 0) is 19.3 Å². The van der Waals surface area contributed by atoms with Crippen LogP contribution in [0, 0.1) is 12.3 Å². The fourth-order valence-corrected chi connectivity index (χ4v) is 3.19. The molecule has 0 spiro atoms. The van der Waals surface area contributed by atoms with Gasteiger partial charge < -0.3 is 4.74 Å². The van der Waals surface area contributed by atoms with E-state index < -0.39 is 0 Å². The first-order chi connectivity index (χ1) is 12.0. The number of imidazole rings is 1. The van der Waals surface area contributed by atoms with Crippen molar-refractivity contribution in [2.75, 3.05) is 5.32 Å². The number of hydrogen-bond donors (Lipinski definition) is 1. The van der Waals surface area contributed by atoms with E-state index in [1.165, 1.54) is 22.3 Å². The van der Waals surface area contributed by atoms with Crippen molar-refractivity contribution >= 4 is 23.0 Å². The Hall–Kier alpha value is -2.66. The molecule has 1 N–H and O–H groups in total. The predicted octanol–water partition coefficient (Wildman–Crippen LogP) is 1.66. The van der Waals surface area contributed by atoms with E-state index in [9.17, 15) is 9.59 Å². The van der Waals surface area contributed by atoms with Gasteiger partial charge in [-0.2, -0.15) is 4.98 Å². The summed E-state index contributed by atoms with van der Waals surface area (Å²) >= 11 is 0. The van der Waals surface area contributed by atoms with Crippen LogP contribution in [0.5, 0.6) is 0 Å². The second-order valence-electron chi connectivity index (χ2n) is 6.11. The van der Waals surface area contributed by atoms with E-state index in [1.54, 1.807) is 0 Å². The summed E-state index contributed by atoms with van der Waals surface area (Å²) in [6, 6.07) is 0. The quantitative estimate of drug-likeness (QED) is 0.834. The maximum Gasteiger partial charge on any atom is 0.333 e. The zero-order valence-electron chi connectivity index (χ0n) is 14.4. The van der Waals surface area contributed by atoms with Gasteiger partial charge in [0.2, 0.25) is 11.9 Å². The molecule has 2 unspecified atom stereocenters. The first kappa shape index (κ1) is 17.2. The van der Waals surface area contributed by atoms with Crippen molar-refractivity contribution in [2.45, 2.75) is 58.4 Å². The van der Waals surface area contributed by atoms with Gasteiger partial charge in [0, 0.05) is 6.92 Å². The Bertz CT molecular complexity index is 892. The third-order valence-corrected chi connectivity index (χ3v) is 4.23. The highest BCUT2D eigenvalue weighted by Gasteiger charge is 2.30. The minimum Gasteiger partial charge on any atom is -0.355 e. The van der Waals surface area contributed by atoms with Crippen molar-refractivity contribution in [1.29, 1.82) is 0 Å². The average molecular weight is 343 g/mol. The fraction of sp³-hybridized carbons (Fsp3) is 0.529. The first-order valence-electron chi connectivity index (χ1n) is 8.39. The molecule has 0 aliphatic carbocycles. The number of nitrogens with one attached hydrogen (secondary N) is 1. The molecule has 0 saturated carbocycles. The number of ether oxygens (including phenoxy) is 1. The molecule has 0 radical (unpaired) electrons. The van der Waals surface area contributed by atoms with Crippen LogP contribution in [-0.4, -0.2) is 31.1 Å². The molecule has 1 aliphatic heterocycles. The van der Waals surface area contributed by atoms with Gasteiger partial charge in [0.05, 0.1) is 18.8 Å². The van der Waals surface area contributed by atoms with Crippen molar-refractivity contribution in [3.8, 4) is 12.3 Å². The van der Waals surface area contributed by atoms with Gasteiger partial charge in [0.25, 0.3) is 0 Å². The molecule has 1 amide bonds. The monoisotopic (exact) mass is 343 g/mol. The number of amides is 1. The maximum atomic E-state index is 12.9. The molecule has 8 nitrogen and oxygen atoms in total. The lowest BCUT2D eigenvalue weighted by atomic mass is 10.1. The van der Waals surface area contributed by atoms with E-state index in [1.807, 2.05) is 0 Å². The van der Waals surface area contributed by atoms with Gasteiger partial charge in [0.1, 0.15) is 11.7 Å². The lowest BCUT2D eigenvalue weighted by molar-refractivity contribution is -0.114. The smallest absolute Gasteiger partial charge is 0.333 e. The Balaban J connectivity index is 2.09. The Labute approximate surface area is 145 Å². The minimum absolute atomic E-state index is 0.121. The van der Waals surface area contributed by atoms with Crippen molar-refractivity contribution in [3.63, 3.8) is 0 Å². The number of hydrogen-bond acceptors (Lipinski definition) is 5. The number of anilines is 1. The second kappa shape index (κ2) is 7.07. The number of rotatable bonds is 5. The molecule has 8 heteroatoms. The van der Waals surface area contributed by atoms with Crippen LogP contribution < -0.4 is 11.0 Å². The summed E-state index contributed by atoms with van der Waals surface area (Å²) in [6.45, 7) is 3.60. The van der Waals surface area contributed by atoms with Crippen LogP contribution in [0.1, 0.15) is 45.8 Å². The van der Waals surface area contributed by atoms with Gasteiger partial charge in [-0.15, -0.1) is 6.42 Å². The molecule has 1 saturated heterocycles.